The number of hydrogen-bond donors (Lipinski definition) is 1. The summed E-state index contributed by atoms with van der Waals surface area (Å²) >= 11 is 0. The Kier molecular flexibility index (Phi) is 5.26. The lowest BCUT2D eigenvalue weighted by Gasteiger charge is -2.36. The molecule has 5 rings (SSSR count). The van der Waals surface area contributed by atoms with Crippen molar-refractivity contribution in [2.75, 3.05) is 32.7 Å². The fourth-order valence-corrected chi connectivity index (χ4v) is 5.37. The predicted molar refractivity (Wildman–Crippen MR) is 115 cm³/mol. The highest BCUT2D eigenvalue weighted by atomic mass is 16.6. The third-order valence-corrected chi connectivity index (χ3v) is 7.24. The van der Waals surface area contributed by atoms with Gasteiger partial charge in [0.15, 0.2) is 0 Å². The summed E-state index contributed by atoms with van der Waals surface area (Å²) in [6.45, 7) is 5.48. The van der Waals surface area contributed by atoms with Crippen molar-refractivity contribution in [2.45, 2.75) is 51.2 Å². The highest BCUT2D eigenvalue weighted by Gasteiger charge is 2.51. The minimum Gasteiger partial charge on any atom is -0.461 e. The van der Waals surface area contributed by atoms with E-state index in [0.29, 0.717) is 31.5 Å². The fraction of sp³-hybridized carbons (Fsp3) is 0.583. The summed E-state index contributed by atoms with van der Waals surface area (Å²) in [6.07, 6.45) is 3.32. The Morgan fingerprint density at radius 3 is 2.65 bits per heavy atom. The van der Waals surface area contributed by atoms with E-state index >= 15 is 0 Å². The van der Waals surface area contributed by atoms with Gasteiger partial charge in [0.05, 0.1) is 11.5 Å². The number of ether oxygens (including phenoxy) is 1. The maximum Gasteiger partial charge on any atom is 0.312 e. The number of benzene rings is 1. The minimum atomic E-state index is -0.456. The van der Waals surface area contributed by atoms with Crippen molar-refractivity contribution in [2.24, 2.45) is 5.41 Å². The Hall–Kier alpha value is -2.38. The molecule has 0 radical (unpaired) electrons. The Balaban J connectivity index is 1.20. The van der Waals surface area contributed by atoms with Crippen molar-refractivity contribution in [1.29, 1.82) is 0 Å². The topological polar surface area (TPSA) is 83.2 Å². The fourth-order valence-electron chi connectivity index (χ4n) is 5.37. The zero-order chi connectivity index (χ0) is 21.6. The van der Waals surface area contributed by atoms with Crippen molar-refractivity contribution < 1.29 is 23.8 Å². The van der Waals surface area contributed by atoms with Crippen LogP contribution in [0.15, 0.2) is 28.7 Å². The molecule has 3 fully saturated rings. The summed E-state index contributed by atoms with van der Waals surface area (Å²) in [6, 6.07) is 7.48. The predicted octanol–water partition coefficient (Wildman–Crippen LogP) is 2.74. The number of cyclic esters (lactones) is 1. The number of hydrogen-bond acceptors (Lipinski definition) is 6. The molecular weight excluding hydrogens is 396 g/mol. The number of furan rings is 1. The number of amides is 1. The van der Waals surface area contributed by atoms with Crippen LogP contribution in [0.5, 0.6) is 0 Å². The van der Waals surface area contributed by atoms with E-state index in [1.807, 2.05) is 36.1 Å². The summed E-state index contributed by atoms with van der Waals surface area (Å²) in [4.78, 5) is 29.9. The first-order valence-electron chi connectivity index (χ1n) is 11.3. The molecule has 1 atom stereocenters. The second-order valence-corrected chi connectivity index (χ2v) is 9.45. The second-order valence-electron chi connectivity index (χ2n) is 9.45. The van der Waals surface area contributed by atoms with Gasteiger partial charge in [0.1, 0.15) is 17.4 Å². The van der Waals surface area contributed by atoms with Crippen molar-refractivity contribution in [3.8, 4) is 0 Å². The third kappa shape index (κ3) is 3.96. The molecule has 7 nitrogen and oxygen atoms in total. The smallest absolute Gasteiger partial charge is 0.312 e. The van der Waals surface area contributed by atoms with Crippen molar-refractivity contribution >= 4 is 22.8 Å². The van der Waals surface area contributed by atoms with E-state index in [-0.39, 0.29) is 24.1 Å². The van der Waals surface area contributed by atoms with Gasteiger partial charge in [-0.15, -0.1) is 0 Å². The van der Waals surface area contributed by atoms with Gasteiger partial charge in [-0.2, -0.15) is 0 Å². The first-order valence-corrected chi connectivity index (χ1v) is 11.3. The van der Waals surface area contributed by atoms with Gasteiger partial charge in [-0.3, -0.25) is 14.5 Å². The second kappa shape index (κ2) is 7.95. The Bertz CT molecular complexity index is 983. The maximum atomic E-state index is 13.0. The molecule has 1 amide bonds. The van der Waals surface area contributed by atoms with E-state index in [1.165, 1.54) is 0 Å². The van der Waals surface area contributed by atoms with Gasteiger partial charge in [0.2, 0.25) is 0 Å². The zero-order valence-corrected chi connectivity index (χ0v) is 18.0. The van der Waals surface area contributed by atoms with Gasteiger partial charge in [-0.05, 0) is 56.9 Å². The van der Waals surface area contributed by atoms with Crippen LogP contribution in [0.3, 0.4) is 0 Å². The number of aliphatic hydroxyl groups excluding tert-OH is 1. The van der Waals surface area contributed by atoms with E-state index in [4.69, 9.17) is 9.15 Å². The van der Waals surface area contributed by atoms with Crippen LogP contribution in [0.1, 0.15) is 48.2 Å². The molecule has 1 spiro atoms. The highest BCUT2D eigenvalue weighted by molar-refractivity contribution is 5.98. The van der Waals surface area contributed by atoms with Crippen LogP contribution >= 0.6 is 0 Å². The summed E-state index contributed by atoms with van der Waals surface area (Å²) in [5.41, 5.74) is 0.987. The standard InChI is InChI=1S/C24H30N2O5/c1-16-12-18-13-17(2-3-21(18)30-16)22(28)26-10-6-24(7-11-26)14-20(31-23(24)29)15-25-8-4-19(27)5-9-25/h2-3,12-13,19-20,27H,4-11,14-15H2,1H3. The first kappa shape index (κ1) is 20.5. The molecule has 1 aromatic carbocycles. The van der Waals surface area contributed by atoms with E-state index in [1.54, 1.807) is 0 Å². The number of carbonyl (C=O) groups excluding carboxylic acids is 2. The number of carbonyl (C=O) groups is 2. The van der Waals surface area contributed by atoms with Crippen LogP contribution < -0.4 is 0 Å². The zero-order valence-electron chi connectivity index (χ0n) is 18.0. The van der Waals surface area contributed by atoms with Gasteiger partial charge < -0.3 is 19.2 Å². The van der Waals surface area contributed by atoms with Crippen LogP contribution in [0, 0.1) is 12.3 Å². The first-order chi connectivity index (χ1) is 14.9. The quantitative estimate of drug-likeness (QED) is 0.760. The van der Waals surface area contributed by atoms with E-state index in [2.05, 4.69) is 4.90 Å². The molecule has 31 heavy (non-hydrogen) atoms. The molecule has 1 aromatic heterocycles. The van der Waals surface area contributed by atoms with Gasteiger partial charge in [-0.1, -0.05) is 0 Å². The Morgan fingerprint density at radius 1 is 1.16 bits per heavy atom. The molecule has 3 aliphatic rings. The number of fused-ring (bicyclic) bond motifs is 1. The number of rotatable bonds is 3. The van der Waals surface area contributed by atoms with Crippen LogP contribution in [-0.2, 0) is 9.53 Å². The SMILES string of the molecule is Cc1cc2cc(C(=O)N3CCC4(CC3)CC(CN3CCC(O)CC3)OC4=O)ccc2o1. The Morgan fingerprint density at radius 2 is 1.90 bits per heavy atom. The average Bonchev–Trinajstić information content (AvgIpc) is 3.27. The molecule has 0 saturated carbocycles. The summed E-state index contributed by atoms with van der Waals surface area (Å²) in [7, 11) is 0. The summed E-state index contributed by atoms with van der Waals surface area (Å²) < 4.78 is 11.4. The lowest BCUT2D eigenvalue weighted by molar-refractivity contribution is -0.151. The molecular formula is C24H30N2O5. The summed E-state index contributed by atoms with van der Waals surface area (Å²) in [5.74, 6) is 0.733. The molecule has 3 saturated heterocycles. The minimum absolute atomic E-state index is 0.00499. The van der Waals surface area contributed by atoms with Gasteiger partial charge in [0.25, 0.3) is 5.91 Å². The largest absolute Gasteiger partial charge is 0.461 e. The third-order valence-electron chi connectivity index (χ3n) is 7.24. The average molecular weight is 427 g/mol. The van der Waals surface area contributed by atoms with E-state index in [0.717, 1.165) is 55.6 Å². The molecule has 3 aliphatic heterocycles. The lowest BCUT2D eigenvalue weighted by atomic mass is 9.76. The van der Waals surface area contributed by atoms with Crippen molar-refractivity contribution in [3.63, 3.8) is 0 Å². The monoisotopic (exact) mass is 426 g/mol. The summed E-state index contributed by atoms with van der Waals surface area (Å²) in [5, 5.41) is 10.6. The molecule has 4 heterocycles. The lowest BCUT2D eigenvalue weighted by Crippen LogP contribution is -2.45. The van der Waals surface area contributed by atoms with Crippen LogP contribution in [0.25, 0.3) is 11.0 Å². The van der Waals surface area contributed by atoms with Crippen LogP contribution in [0.4, 0.5) is 0 Å². The highest BCUT2D eigenvalue weighted by Crippen LogP contribution is 2.43. The van der Waals surface area contributed by atoms with Crippen molar-refractivity contribution in [1.82, 2.24) is 9.80 Å². The molecule has 0 bridgehead atoms. The van der Waals surface area contributed by atoms with Crippen LogP contribution in [0.2, 0.25) is 0 Å². The number of aryl methyl sites for hydroxylation is 1. The van der Waals surface area contributed by atoms with Crippen LogP contribution in [-0.4, -0.2) is 71.7 Å². The van der Waals surface area contributed by atoms with E-state index < -0.39 is 5.41 Å². The van der Waals surface area contributed by atoms with Gasteiger partial charge in [0, 0.05) is 50.1 Å². The Labute approximate surface area is 181 Å². The van der Waals surface area contributed by atoms with Gasteiger partial charge in [-0.25, -0.2) is 0 Å². The maximum absolute atomic E-state index is 13.0. The molecule has 2 aromatic rings. The van der Waals surface area contributed by atoms with E-state index in [9.17, 15) is 14.7 Å². The molecule has 0 aliphatic carbocycles. The number of aliphatic hydroxyl groups is 1. The number of piperidine rings is 2. The molecule has 1 unspecified atom stereocenters. The normalized spacial score (nSPS) is 24.8. The molecule has 7 heteroatoms. The molecule has 1 N–H and O–H groups in total. The van der Waals surface area contributed by atoms with Gasteiger partial charge >= 0.3 is 5.97 Å². The van der Waals surface area contributed by atoms with Crippen molar-refractivity contribution in [3.05, 3.63) is 35.6 Å². The number of esters is 1. The number of nitrogens with zero attached hydrogens (tertiary/aromatic N) is 2. The number of likely N-dealkylation sites (tertiary alicyclic amines) is 2. The molecule has 166 valence electrons.